The summed E-state index contributed by atoms with van der Waals surface area (Å²) < 4.78 is 5.20. The zero-order valence-corrected chi connectivity index (χ0v) is 10.6. The fourth-order valence-electron chi connectivity index (χ4n) is 2.08. The highest BCUT2D eigenvalue weighted by atomic mass is 16.4. The number of aryl methyl sites for hydroxylation is 1. The first-order chi connectivity index (χ1) is 8.58. The lowest BCUT2D eigenvalue weighted by atomic mass is 10.0. The monoisotopic (exact) mass is 248 g/mol. The molecule has 0 fully saturated rings. The van der Waals surface area contributed by atoms with E-state index in [0.717, 1.165) is 6.42 Å². The summed E-state index contributed by atoms with van der Waals surface area (Å²) in [6.45, 7) is 8.33. The normalized spacial score (nSPS) is 14.4. The highest BCUT2D eigenvalue weighted by molar-refractivity contribution is 6.03. The Labute approximate surface area is 105 Å². The van der Waals surface area contributed by atoms with Crippen molar-refractivity contribution in [3.63, 3.8) is 0 Å². The number of nitrogens with one attached hydrogen (secondary N) is 1. The van der Waals surface area contributed by atoms with Crippen LogP contribution in [0.3, 0.4) is 0 Å². The second-order valence-corrected chi connectivity index (χ2v) is 4.18. The van der Waals surface area contributed by atoms with Gasteiger partial charge in [-0.2, -0.15) is 0 Å². The van der Waals surface area contributed by atoms with E-state index in [-0.39, 0.29) is 5.91 Å². The summed E-state index contributed by atoms with van der Waals surface area (Å²) in [4.78, 5) is 25.2. The Morgan fingerprint density at radius 3 is 2.72 bits per heavy atom. The van der Waals surface area contributed by atoms with Crippen molar-refractivity contribution in [1.82, 2.24) is 5.32 Å². The second kappa shape index (κ2) is 4.68. The Balaban J connectivity index is 2.66. The number of nitrogens with zero attached hydrogens (tertiary/aromatic N) is 1. The molecule has 2 heterocycles. The maximum Gasteiger partial charge on any atom is 0.337 e. The van der Waals surface area contributed by atoms with Gasteiger partial charge in [-0.05, 0) is 18.4 Å². The molecule has 1 aromatic heterocycles. The molecule has 2 rings (SSSR count). The molecule has 96 valence electrons. The van der Waals surface area contributed by atoms with Crippen LogP contribution in [0, 0.1) is 0 Å². The Morgan fingerprint density at radius 1 is 1.39 bits per heavy atom. The van der Waals surface area contributed by atoms with Crippen LogP contribution < -0.4 is 15.8 Å². The van der Waals surface area contributed by atoms with Gasteiger partial charge in [-0.3, -0.25) is 9.69 Å². The van der Waals surface area contributed by atoms with Crippen molar-refractivity contribution in [3.8, 4) is 0 Å². The molecule has 5 heteroatoms. The van der Waals surface area contributed by atoms with Crippen LogP contribution >= 0.6 is 0 Å². The topological polar surface area (TPSA) is 62.6 Å². The average molecular weight is 248 g/mol. The predicted molar refractivity (Wildman–Crippen MR) is 68.6 cm³/mol. The molecular weight excluding hydrogens is 232 g/mol. The summed E-state index contributed by atoms with van der Waals surface area (Å²) in [5.41, 5.74) is 0.708. The van der Waals surface area contributed by atoms with Crippen molar-refractivity contribution in [2.75, 3.05) is 11.4 Å². The number of fused-ring (bicyclic) bond motifs is 1. The Bertz CT molecular complexity index is 560. The minimum atomic E-state index is -0.436. The molecule has 0 unspecified atom stereocenters. The van der Waals surface area contributed by atoms with Gasteiger partial charge < -0.3 is 9.73 Å². The number of hydrogen-bond donors (Lipinski definition) is 1. The molecule has 18 heavy (non-hydrogen) atoms. The van der Waals surface area contributed by atoms with Gasteiger partial charge in [-0.25, -0.2) is 4.79 Å². The van der Waals surface area contributed by atoms with E-state index in [1.807, 2.05) is 13.8 Å². The zero-order chi connectivity index (χ0) is 13.3. The van der Waals surface area contributed by atoms with E-state index in [9.17, 15) is 9.59 Å². The summed E-state index contributed by atoms with van der Waals surface area (Å²) in [5.74, 6) is 0.503. The van der Waals surface area contributed by atoms with Crippen LogP contribution in [-0.4, -0.2) is 12.5 Å². The van der Waals surface area contributed by atoms with E-state index in [4.69, 9.17) is 4.42 Å². The van der Waals surface area contributed by atoms with E-state index >= 15 is 0 Å². The summed E-state index contributed by atoms with van der Waals surface area (Å²) in [5, 5.41) is 2.70. The number of hydrogen-bond acceptors (Lipinski definition) is 4. The second-order valence-electron chi connectivity index (χ2n) is 4.18. The molecule has 1 aliphatic rings. The maximum atomic E-state index is 12.0. The molecule has 0 saturated heterocycles. The number of rotatable bonds is 3. The van der Waals surface area contributed by atoms with Gasteiger partial charge in [0.1, 0.15) is 11.4 Å². The van der Waals surface area contributed by atoms with Crippen molar-refractivity contribution in [3.05, 3.63) is 40.0 Å². The molecule has 1 amide bonds. The fraction of sp³-hybridized carbons (Fsp3) is 0.385. The van der Waals surface area contributed by atoms with Gasteiger partial charge in [0.2, 0.25) is 5.88 Å². The van der Waals surface area contributed by atoms with Gasteiger partial charge in [-0.1, -0.05) is 20.4 Å². The third-order valence-corrected chi connectivity index (χ3v) is 2.91. The van der Waals surface area contributed by atoms with Crippen LogP contribution in [0.2, 0.25) is 0 Å². The van der Waals surface area contributed by atoms with Crippen LogP contribution in [0.1, 0.15) is 36.2 Å². The first-order valence-electron chi connectivity index (χ1n) is 6.03. The van der Waals surface area contributed by atoms with Crippen LogP contribution in [-0.2, 0) is 6.42 Å². The zero-order valence-electron chi connectivity index (χ0n) is 10.6. The minimum absolute atomic E-state index is 0.261. The smallest absolute Gasteiger partial charge is 0.337 e. The third-order valence-electron chi connectivity index (χ3n) is 2.91. The molecule has 0 aliphatic carbocycles. The van der Waals surface area contributed by atoms with Gasteiger partial charge >= 0.3 is 5.63 Å². The van der Waals surface area contributed by atoms with E-state index in [0.29, 0.717) is 35.8 Å². The largest absolute Gasteiger partial charge is 0.405 e. The minimum Gasteiger partial charge on any atom is -0.405 e. The van der Waals surface area contributed by atoms with E-state index in [1.165, 1.54) is 6.07 Å². The molecule has 0 radical (unpaired) electrons. The Morgan fingerprint density at radius 2 is 2.11 bits per heavy atom. The number of anilines is 1. The molecule has 1 N–H and O–H groups in total. The highest BCUT2D eigenvalue weighted by Gasteiger charge is 2.30. The molecule has 0 bridgehead atoms. The summed E-state index contributed by atoms with van der Waals surface area (Å²) in [6.07, 6.45) is 1.46. The van der Waals surface area contributed by atoms with Crippen LogP contribution in [0.15, 0.2) is 27.7 Å². The number of carbonyl (C=O) groups excluding carboxylic acids is 1. The first kappa shape index (κ1) is 12.4. The molecule has 0 atom stereocenters. The molecule has 1 aromatic rings. The Kier molecular flexibility index (Phi) is 3.23. The average Bonchev–Trinajstić information content (AvgIpc) is 2.32. The Hall–Kier alpha value is -2.04. The van der Waals surface area contributed by atoms with E-state index in [2.05, 4.69) is 11.9 Å². The van der Waals surface area contributed by atoms with Gasteiger partial charge in [0.25, 0.3) is 5.91 Å². The number of amides is 1. The van der Waals surface area contributed by atoms with Crippen molar-refractivity contribution >= 4 is 11.8 Å². The van der Waals surface area contributed by atoms with Crippen LogP contribution in [0.25, 0.3) is 0 Å². The molecular formula is C13H16N2O3. The van der Waals surface area contributed by atoms with Gasteiger partial charge in [0.15, 0.2) is 0 Å². The lowest BCUT2D eigenvalue weighted by Crippen LogP contribution is -2.42. The maximum absolute atomic E-state index is 12.0. The van der Waals surface area contributed by atoms with Gasteiger partial charge in [0, 0.05) is 12.6 Å². The fourth-order valence-corrected chi connectivity index (χ4v) is 2.08. The molecule has 0 aromatic carbocycles. The first-order valence-corrected chi connectivity index (χ1v) is 6.03. The highest BCUT2D eigenvalue weighted by Crippen LogP contribution is 2.28. The molecule has 0 saturated carbocycles. The van der Waals surface area contributed by atoms with Gasteiger partial charge in [-0.15, -0.1) is 0 Å². The van der Waals surface area contributed by atoms with Crippen molar-refractivity contribution in [2.45, 2.75) is 26.7 Å². The third kappa shape index (κ3) is 1.92. The summed E-state index contributed by atoms with van der Waals surface area (Å²) >= 11 is 0. The van der Waals surface area contributed by atoms with E-state index in [1.54, 1.807) is 4.90 Å². The van der Waals surface area contributed by atoms with Crippen molar-refractivity contribution in [1.29, 1.82) is 0 Å². The lowest BCUT2D eigenvalue weighted by molar-refractivity contribution is 0.0956. The van der Waals surface area contributed by atoms with E-state index < -0.39 is 5.63 Å². The SMILES string of the molecule is C=C1NC(=O)c2c(CC)cc(=O)oc2N1CCC. The molecule has 0 spiro atoms. The molecule has 1 aliphatic heterocycles. The van der Waals surface area contributed by atoms with Gasteiger partial charge in [0.05, 0.1) is 0 Å². The number of carbonyl (C=O) groups is 1. The predicted octanol–water partition coefficient (Wildman–Crippen LogP) is 1.63. The summed E-state index contributed by atoms with van der Waals surface area (Å²) in [6, 6.07) is 1.37. The van der Waals surface area contributed by atoms with Crippen LogP contribution in [0.4, 0.5) is 5.88 Å². The van der Waals surface area contributed by atoms with Crippen LogP contribution in [0.5, 0.6) is 0 Å². The van der Waals surface area contributed by atoms with Crippen molar-refractivity contribution < 1.29 is 9.21 Å². The summed E-state index contributed by atoms with van der Waals surface area (Å²) in [7, 11) is 0. The van der Waals surface area contributed by atoms with Crippen molar-refractivity contribution in [2.24, 2.45) is 0 Å². The standard InChI is InChI=1S/C13H16N2O3/c1-4-6-15-8(3)14-12(17)11-9(5-2)7-10(16)18-13(11)15/h7H,3-6H2,1-2H3,(H,14,17). The quantitative estimate of drug-likeness (QED) is 0.883. The lowest BCUT2D eigenvalue weighted by Gasteiger charge is -2.31. The molecule has 5 nitrogen and oxygen atoms in total.